The standard InChI is InChI=1S/C15H15N7O/c16-9-11-3-1-2-4-12(11)13-10-21(7-8-23-13)15-6-5-14-17-19-20-22(14)18-15/h1-6,13,19-20H,7-8,10H2. The van der Waals surface area contributed by atoms with E-state index in [-0.39, 0.29) is 6.10 Å². The van der Waals surface area contributed by atoms with Gasteiger partial charge in [0, 0.05) is 18.7 Å². The first-order chi connectivity index (χ1) is 11.3. The van der Waals surface area contributed by atoms with E-state index in [1.54, 1.807) is 5.12 Å². The molecule has 0 saturated carbocycles. The van der Waals surface area contributed by atoms with Crippen molar-refractivity contribution < 1.29 is 4.74 Å². The minimum atomic E-state index is -0.143. The Bertz CT molecular complexity index is 748. The second kappa shape index (κ2) is 5.72. The highest BCUT2D eigenvalue weighted by Gasteiger charge is 2.28. The van der Waals surface area contributed by atoms with Crippen LogP contribution in [0, 0.1) is 11.3 Å². The third-order valence-electron chi connectivity index (χ3n) is 3.95. The van der Waals surface area contributed by atoms with Crippen molar-refractivity contribution >= 4 is 11.7 Å². The Hall–Kier alpha value is -2.89. The minimum Gasteiger partial charge on any atom is -0.370 e. The Morgan fingerprint density at radius 3 is 3.04 bits per heavy atom. The number of nitrogens with zero attached hydrogens (tertiary/aromatic N) is 5. The summed E-state index contributed by atoms with van der Waals surface area (Å²) in [6.07, 6.45) is 3.68. The molecule has 1 saturated heterocycles. The zero-order chi connectivity index (χ0) is 15.6. The van der Waals surface area contributed by atoms with Crippen molar-refractivity contribution in [1.29, 1.82) is 5.26 Å². The van der Waals surface area contributed by atoms with Gasteiger partial charge in [0.2, 0.25) is 0 Å². The Morgan fingerprint density at radius 1 is 1.26 bits per heavy atom. The Labute approximate surface area is 133 Å². The Morgan fingerprint density at radius 2 is 2.13 bits per heavy atom. The van der Waals surface area contributed by atoms with Crippen LogP contribution in [0.25, 0.3) is 0 Å². The van der Waals surface area contributed by atoms with Gasteiger partial charge in [-0.15, -0.1) is 15.7 Å². The summed E-state index contributed by atoms with van der Waals surface area (Å²) < 4.78 is 5.88. The first-order valence-electron chi connectivity index (χ1n) is 7.36. The number of hydrogen-bond donors (Lipinski definition) is 2. The van der Waals surface area contributed by atoms with Gasteiger partial charge in [0.1, 0.15) is 6.10 Å². The van der Waals surface area contributed by atoms with Crippen molar-refractivity contribution in [1.82, 2.24) is 21.1 Å². The minimum absolute atomic E-state index is 0.143. The number of fused-ring (bicyclic) bond motifs is 1. The summed E-state index contributed by atoms with van der Waals surface area (Å²) in [6, 6.07) is 9.79. The zero-order valence-corrected chi connectivity index (χ0v) is 12.3. The molecule has 1 atom stereocenters. The van der Waals surface area contributed by atoms with Gasteiger partial charge in [-0.05, 0) is 18.2 Å². The highest BCUT2D eigenvalue weighted by Crippen LogP contribution is 2.25. The molecule has 0 amide bonds. The highest BCUT2D eigenvalue weighted by molar-refractivity contribution is 6.05. The molecule has 0 radical (unpaired) electrons. The van der Waals surface area contributed by atoms with Crippen LogP contribution >= 0.6 is 0 Å². The van der Waals surface area contributed by atoms with E-state index in [4.69, 9.17) is 4.74 Å². The van der Waals surface area contributed by atoms with Gasteiger partial charge in [-0.3, -0.25) is 0 Å². The summed E-state index contributed by atoms with van der Waals surface area (Å²) in [5, 5.41) is 19.4. The third-order valence-corrected chi connectivity index (χ3v) is 3.95. The molecule has 4 rings (SSSR count). The molecule has 0 aromatic heterocycles. The van der Waals surface area contributed by atoms with E-state index in [1.807, 2.05) is 36.4 Å². The number of hydrazine groups is 2. The lowest BCUT2D eigenvalue weighted by atomic mass is 10.0. The van der Waals surface area contributed by atoms with Gasteiger partial charge in [0.25, 0.3) is 0 Å². The number of ether oxygens (including phenoxy) is 1. The van der Waals surface area contributed by atoms with Crippen LogP contribution in [0.4, 0.5) is 0 Å². The van der Waals surface area contributed by atoms with Crippen LogP contribution in [0.1, 0.15) is 17.2 Å². The molecule has 2 N–H and O–H groups in total. The first-order valence-corrected chi connectivity index (χ1v) is 7.36. The van der Waals surface area contributed by atoms with E-state index in [9.17, 15) is 5.26 Å². The number of nitriles is 1. The van der Waals surface area contributed by atoms with E-state index in [1.165, 1.54) is 0 Å². The molecule has 3 aliphatic rings. The summed E-state index contributed by atoms with van der Waals surface area (Å²) in [5.41, 5.74) is 7.07. The summed E-state index contributed by atoms with van der Waals surface area (Å²) in [7, 11) is 0. The van der Waals surface area contributed by atoms with Crippen LogP contribution in [-0.4, -0.2) is 41.4 Å². The summed E-state index contributed by atoms with van der Waals surface area (Å²) in [5.74, 6) is 1.55. The molecule has 0 bridgehead atoms. The highest BCUT2D eigenvalue weighted by atomic mass is 16.5. The van der Waals surface area contributed by atoms with Crippen LogP contribution in [0.2, 0.25) is 0 Å². The lowest BCUT2D eigenvalue weighted by molar-refractivity contribution is -0.00725. The average Bonchev–Trinajstić information content (AvgIpc) is 3.09. The molecule has 1 aromatic rings. The molecule has 1 aromatic carbocycles. The van der Waals surface area contributed by atoms with Gasteiger partial charge in [-0.1, -0.05) is 18.2 Å². The predicted molar refractivity (Wildman–Crippen MR) is 83.5 cm³/mol. The smallest absolute Gasteiger partial charge is 0.189 e. The van der Waals surface area contributed by atoms with Crippen molar-refractivity contribution in [2.24, 2.45) is 10.2 Å². The van der Waals surface area contributed by atoms with Crippen molar-refractivity contribution in [3.8, 4) is 6.07 Å². The maximum atomic E-state index is 9.28. The molecule has 1 unspecified atom stereocenters. The van der Waals surface area contributed by atoms with E-state index in [0.29, 0.717) is 24.6 Å². The summed E-state index contributed by atoms with van der Waals surface area (Å²) in [6.45, 7) is 1.99. The number of hydrogen-bond acceptors (Lipinski definition) is 8. The van der Waals surface area contributed by atoms with Gasteiger partial charge in [-0.25, -0.2) is 5.53 Å². The van der Waals surface area contributed by atoms with Crippen LogP contribution < -0.4 is 11.1 Å². The molecule has 8 heteroatoms. The molecular weight excluding hydrogens is 294 g/mol. The first kappa shape index (κ1) is 13.8. The van der Waals surface area contributed by atoms with Crippen molar-refractivity contribution in [2.45, 2.75) is 6.10 Å². The number of hydrazone groups is 2. The largest absolute Gasteiger partial charge is 0.370 e. The van der Waals surface area contributed by atoms with Crippen molar-refractivity contribution in [2.75, 3.05) is 19.7 Å². The van der Waals surface area contributed by atoms with Gasteiger partial charge < -0.3 is 9.64 Å². The quantitative estimate of drug-likeness (QED) is 0.783. The molecule has 3 heterocycles. The molecule has 0 aliphatic carbocycles. The molecular formula is C15H15N7O. The monoisotopic (exact) mass is 309 g/mol. The van der Waals surface area contributed by atoms with Crippen LogP contribution in [0.15, 0.2) is 46.6 Å². The SMILES string of the molecule is N#Cc1ccccc1C1CN(C2=NN3NNN=C3C=C2)CCO1. The van der Waals surface area contributed by atoms with Gasteiger partial charge in [-0.2, -0.15) is 10.4 Å². The lowest BCUT2D eigenvalue weighted by Gasteiger charge is -2.35. The predicted octanol–water partition coefficient (Wildman–Crippen LogP) is 0.453. The van der Waals surface area contributed by atoms with Gasteiger partial charge >= 0.3 is 0 Å². The number of amidine groups is 2. The van der Waals surface area contributed by atoms with Crippen LogP contribution in [0.5, 0.6) is 0 Å². The molecule has 8 nitrogen and oxygen atoms in total. The van der Waals surface area contributed by atoms with Gasteiger partial charge in [0.05, 0.1) is 18.2 Å². The normalized spacial score (nSPS) is 22.8. The average molecular weight is 309 g/mol. The topological polar surface area (TPSA) is 88.3 Å². The molecule has 1 fully saturated rings. The molecule has 0 spiro atoms. The Balaban J connectivity index is 1.55. The number of benzene rings is 1. The Kier molecular flexibility index (Phi) is 3.42. The van der Waals surface area contributed by atoms with Crippen molar-refractivity contribution in [3.05, 3.63) is 47.5 Å². The molecule has 116 valence electrons. The van der Waals surface area contributed by atoms with Crippen molar-refractivity contribution in [3.63, 3.8) is 0 Å². The van der Waals surface area contributed by atoms with Crippen LogP contribution in [0.3, 0.4) is 0 Å². The fourth-order valence-corrected chi connectivity index (χ4v) is 2.80. The fraction of sp³-hybridized carbons (Fsp3) is 0.267. The number of morpholine rings is 1. The maximum Gasteiger partial charge on any atom is 0.189 e. The molecule has 23 heavy (non-hydrogen) atoms. The zero-order valence-electron chi connectivity index (χ0n) is 12.3. The second-order valence-corrected chi connectivity index (χ2v) is 5.30. The molecule has 3 aliphatic heterocycles. The van der Waals surface area contributed by atoms with E-state index >= 15 is 0 Å². The van der Waals surface area contributed by atoms with E-state index in [0.717, 1.165) is 17.9 Å². The third kappa shape index (κ3) is 2.52. The lowest BCUT2D eigenvalue weighted by Crippen LogP contribution is -2.46. The second-order valence-electron chi connectivity index (χ2n) is 5.30. The number of nitrogens with one attached hydrogen (secondary N) is 2. The van der Waals surface area contributed by atoms with Gasteiger partial charge in [0.15, 0.2) is 11.7 Å². The summed E-state index contributed by atoms with van der Waals surface area (Å²) >= 11 is 0. The van der Waals surface area contributed by atoms with E-state index < -0.39 is 0 Å². The maximum absolute atomic E-state index is 9.28. The van der Waals surface area contributed by atoms with E-state index in [2.05, 4.69) is 32.2 Å². The van der Waals surface area contributed by atoms with Crippen LogP contribution in [-0.2, 0) is 4.74 Å². The fourth-order valence-electron chi connectivity index (χ4n) is 2.80. The summed E-state index contributed by atoms with van der Waals surface area (Å²) in [4.78, 5) is 2.15. The number of rotatable bonds is 1.